The summed E-state index contributed by atoms with van der Waals surface area (Å²) >= 11 is 0. The molecular weight excluding hydrogens is 254 g/mol. The predicted molar refractivity (Wildman–Crippen MR) is 82.9 cm³/mol. The molecule has 0 saturated heterocycles. The monoisotopic (exact) mass is 279 g/mol. The fraction of sp³-hybridized carbons (Fsp3) is 0.533. The number of nitrogens with two attached hydrogens (primary N) is 2. The lowest BCUT2D eigenvalue weighted by atomic mass is 10.0. The van der Waals surface area contributed by atoms with Gasteiger partial charge in [0.05, 0.1) is 16.9 Å². The molecule has 5 N–H and O–H groups in total. The Labute approximate surface area is 120 Å². The number of anilines is 2. The number of nitrogen functional groups attached to an aromatic ring is 2. The first-order chi connectivity index (χ1) is 9.25. The van der Waals surface area contributed by atoms with Gasteiger partial charge in [0.2, 0.25) is 0 Å². The summed E-state index contributed by atoms with van der Waals surface area (Å²) in [6.07, 6.45) is 0.756. The van der Waals surface area contributed by atoms with Gasteiger partial charge in [0.25, 0.3) is 0 Å². The van der Waals surface area contributed by atoms with Crippen molar-refractivity contribution in [2.24, 2.45) is 0 Å². The Morgan fingerprint density at radius 1 is 1.15 bits per heavy atom. The van der Waals surface area contributed by atoms with Crippen LogP contribution in [0.1, 0.15) is 43.6 Å². The number of carboxylic acid groups (broad SMARTS) is 1. The Hall–Kier alpha value is -1.75. The first-order valence-electron chi connectivity index (χ1n) is 6.91. The van der Waals surface area contributed by atoms with Crippen LogP contribution in [0, 0.1) is 0 Å². The minimum atomic E-state index is -1.05. The summed E-state index contributed by atoms with van der Waals surface area (Å²) in [6, 6.07) is 4.19. The van der Waals surface area contributed by atoms with Crippen LogP contribution < -0.4 is 11.5 Å². The molecule has 0 spiro atoms. The van der Waals surface area contributed by atoms with Gasteiger partial charge in [-0.1, -0.05) is 6.07 Å². The van der Waals surface area contributed by atoms with Gasteiger partial charge in [0.1, 0.15) is 0 Å². The molecule has 0 aliphatic rings. The summed E-state index contributed by atoms with van der Waals surface area (Å²) in [5.41, 5.74) is 13.3. The lowest BCUT2D eigenvalue weighted by molar-refractivity contribution is 0.0698. The lowest BCUT2D eigenvalue weighted by Gasteiger charge is -2.30. The molecule has 0 atom stereocenters. The molecule has 5 heteroatoms. The van der Waals surface area contributed by atoms with Crippen LogP contribution in [0.15, 0.2) is 12.1 Å². The Balaban J connectivity index is 2.89. The summed E-state index contributed by atoms with van der Waals surface area (Å²) in [7, 11) is 0. The van der Waals surface area contributed by atoms with Gasteiger partial charge in [-0.2, -0.15) is 0 Å². The minimum absolute atomic E-state index is 0.0656. The van der Waals surface area contributed by atoms with E-state index in [2.05, 4.69) is 32.6 Å². The van der Waals surface area contributed by atoms with Crippen molar-refractivity contribution >= 4 is 17.3 Å². The molecule has 0 aliphatic heterocycles. The van der Waals surface area contributed by atoms with Crippen molar-refractivity contribution in [2.45, 2.75) is 46.2 Å². The molecule has 1 aromatic rings. The van der Waals surface area contributed by atoms with E-state index >= 15 is 0 Å². The Morgan fingerprint density at radius 2 is 1.70 bits per heavy atom. The highest BCUT2D eigenvalue weighted by Gasteiger charge is 2.16. The number of nitrogens with zero attached hydrogens (tertiary/aromatic N) is 1. The number of benzene rings is 1. The van der Waals surface area contributed by atoms with Crippen molar-refractivity contribution in [1.29, 1.82) is 0 Å². The predicted octanol–water partition coefficient (Wildman–Crippen LogP) is 2.21. The van der Waals surface area contributed by atoms with Gasteiger partial charge in [0.15, 0.2) is 0 Å². The van der Waals surface area contributed by atoms with Crippen LogP contribution in [-0.2, 0) is 6.42 Å². The number of rotatable bonds is 6. The quantitative estimate of drug-likeness (QED) is 0.694. The molecule has 0 saturated carbocycles. The van der Waals surface area contributed by atoms with Crippen LogP contribution in [0.2, 0.25) is 0 Å². The van der Waals surface area contributed by atoms with Crippen molar-refractivity contribution in [3.8, 4) is 0 Å². The maximum Gasteiger partial charge on any atom is 0.337 e. The number of hydrogen-bond donors (Lipinski definition) is 3. The highest BCUT2D eigenvalue weighted by atomic mass is 16.4. The van der Waals surface area contributed by atoms with Crippen molar-refractivity contribution in [1.82, 2.24) is 4.90 Å². The standard InChI is InChI=1S/C15H25N3O2/c1-9(2)18(10(3)4)8-7-11-5-6-12(15(19)20)14(17)13(11)16/h5-6,9-10H,7-8,16-17H2,1-4H3,(H,19,20). The van der Waals surface area contributed by atoms with Crippen molar-refractivity contribution in [2.75, 3.05) is 18.0 Å². The maximum atomic E-state index is 11.0. The van der Waals surface area contributed by atoms with Crippen LogP contribution in [0.3, 0.4) is 0 Å². The van der Waals surface area contributed by atoms with E-state index < -0.39 is 5.97 Å². The highest BCUT2D eigenvalue weighted by molar-refractivity contribution is 5.97. The molecule has 0 radical (unpaired) electrons. The summed E-state index contributed by atoms with van der Waals surface area (Å²) in [5, 5.41) is 9.00. The fourth-order valence-corrected chi connectivity index (χ4v) is 2.45. The molecule has 0 heterocycles. The van der Waals surface area contributed by atoms with Gasteiger partial charge in [-0.3, -0.25) is 4.90 Å². The van der Waals surface area contributed by atoms with Crippen molar-refractivity contribution in [3.05, 3.63) is 23.3 Å². The third-order valence-corrected chi connectivity index (χ3v) is 3.57. The van der Waals surface area contributed by atoms with Crippen LogP contribution in [-0.4, -0.2) is 34.6 Å². The average molecular weight is 279 g/mol. The second-order valence-electron chi connectivity index (χ2n) is 5.58. The van der Waals surface area contributed by atoms with E-state index in [1.807, 2.05) is 0 Å². The molecule has 0 unspecified atom stereocenters. The normalized spacial score (nSPS) is 11.6. The third-order valence-electron chi connectivity index (χ3n) is 3.57. The minimum Gasteiger partial charge on any atom is -0.478 e. The lowest BCUT2D eigenvalue weighted by Crippen LogP contribution is -2.38. The summed E-state index contributed by atoms with van der Waals surface area (Å²) in [5.74, 6) is -1.05. The Bertz CT molecular complexity index is 476. The molecule has 112 valence electrons. The van der Waals surface area contributed by atoms with E-state index in [0.717, 1.165) is 18.5 Å². The zero-order valence-electron chi connectivity index (χ0n) is 12.7. The fourth-order valence-electron chi connectivity index (χ4n) is 2.45. The molecule has 5 nitrogen and oxygen atoms in total. The number of hydrogen-bond acceptors (Lipinski definition) is 4. The molecule has 0 bridgehead atoms. The van der Waals surface area contributed by atoms with Gasteiger partial charge in [0, 0.05) is 18.6 Å². The SMILES string of the molecule is CC(C)N(CCc1ccc(C(=O)O)c(N)c1N)C(C)C. The van der Waals surface area contributed by atoms with E-state index in [4.69, 9.17) is 16.6 Å². The van der Waals surface area contributed by atoms with E-state index in [9.17, 15) is 4.79 Å². The first-order valence-corrected chi connectivity index (χ1v) is 6.91. The molecule has 0 aromatic heterocycles. The third kappa shape index (κ3) is 3.63. The van der Waals surface area contributed by atoms with Gasteiger partial charge in [-0.15, -0.1) is 0 Å². The molecule has 0 amide bonds. The smallest absolute Gasteiger partial charge is 0.337 e. The van der Waals surface area contributed by atoms with Crippen LogP contribution in [0.5, 0.6) is 0 Å². The van der Waals surface area contributed by atoms with E-state index in [-0.39, 0.29) is 11.3 Å². The topological polar surface area (TPSA) is 92.6 Å². The van der Waals surface area contributed by atoms with E-state index in [1.165, 1.54) is 6.07 Å². The average Bonchev–Trinajstić information content (AvgIpc) is 2.33. The Kier molecular flexibility index (Phi) is 5.39. The zero-order valence-corrected chi connectivity index (χ0v) is 12.7. The van der Waals surface area contributed by atoms with E-state index in [0.29, 0.717) is 17.8 Å². The van der Waals surface area contributed by atoms with E-state index in [1.54, 1.807) is 6.07 Å². The van der Waals surface area contributed by atoms with Crippen LogP contribution in [0.25, 0.3) is 0 Å². The first kappa shape index (κ1) is 16.3. The van der Waals surface area contributed by atoms with Crippen LogP contribution in [0.4, 0.5) is 11.4 Å². The van der Waals surface area contributed by atoms with Gasteiger partial charge < -0.3 is 16.6 Å². The number of carbonyl (C=O) groups is 1. The molecule has 0 fully saturated rings. The second-order valence-corrected chi connectivity index (χ2v) is 5.58. The van der Waals surface area contributed by atoms with Gasteiger partial charge in [-0.25, -0.2) is 4.79 Å². The van der Waals surface area contributed by atoms with Gasteiger partial charge in [-0.05, 0) is 45.7 Å². The Morgan fingerprint density at radius 3 is 2.15 bits per heavy atom. The number of carboxylic acids is 1. The van der Waals surface area contributed by atoms with Crippen molar-refractivity contribution in [3.63, 3.8) is 0 Å². The summed E-state index contributed by atoms with van der Waals surface area (Å²) in [4.78, 5) is 13.3. The highest BCUT2D eigenvalue weighted by Crippen LogP contribution is 2.25. The molecule has 1 rings (SSSR count). The molecule has 1 aromatic carbocycles. The summed E-state index contributed by atoms with van der Waals surface area (Å²) < 4.78 is 0. The summed E-state index contributed by atoms with van der Waals surface area (Å²) in [6.45, 7) is 9.50. The zero-order chi connectivity index (χ0) is 15.4. The maximum absolute atomic E-state index is 11.0. The largest absolute Gasteiger partial charge is 0.478 e. The van der Waals surface area contributed by atoms with Gasteiger partial charge >= 0.3 is 5.97 Å². The van der Waals surface area contributed by atoms with Crippen molar-refractivity contribution < 1.29 is 9.90 Å². The van der Waals surface area contributed by atoms with Crippen LogP contribution >= 0.6 is 0 Å². The second kappa shape index (κ2) is 6.61. The molecule has 0 aliphatic carbocycles. The number of aromatic carboxylic acids is 1. The molecule has 20 heavy (non-hydrogen) atoms. The molecular formula is C15H25N3O2.